The van der Waals surface area contributed by atoms with Crippen LogP contribution in [0.4, 0.5) is 4.39 Å². The summed E-state index contributed by atoms with van der Waals surface area (Å²) < 4.78 is 23.1. The number of hydrogen-bond donors (Lipinski definition) is 0. The lowest BCUT2D eigenvalue weighted by molar-refractivity contribution is -0.135. The molecule has 11 heteroatoms. The van der Waals surface area contributed by atoms with Gasteiger partial charge in [-0.25, -0.2) is 14.4 Å². The summed E-state index contributed by atoms with van der Waals surface area (Å²) in [4.78, 5) is 37.6. The number of hydrogen-bond acceptors (Lipinski definition) is 5. The third-order valence-corrected chi connectivity index (χ3v) is 7.23. The summed E-state index contributed by atoms with van der Waals surface area (Å²) in [6.07, 6.45) is 3.48. The third kappa shape index (κ3) is 4.90. The molecule has 0 saturated heterocycles. The maximum Gasteiger partial charge on any atom is 0.271 e. The quantitative estimate of drug-likeness (QED) is 0.446. The fraction of sp³-hybridized carbons (Fsp3) is 0.385. The van der Waals surface area contributed by atoms with E-state index in [1.165, 1.54) is 23.1 Å². The summed E-state index contributed by atoms with van der Waals surface area (Å²) in [5, 5.41) is 0.263. The number of aromatic nitrogens is 3. The number of fused-ring (bicyclic) bond motifs is 3. The molecular formula is C26H26Cl2FN5O3. The van der Waals surface area contributed by atoms with Crippen LogP contribution in [0.1, 0.15) is 52.1 Å². The van der Waals surface area contributed by atoms with Gasteiger partial charge in [-0.3, -0.25) is 9.59 Å². The molecule has 0 bridgehead atoms. The number of nitrogens with zero attached hydrogens (tertiary/aromatic N) is 5. The molecule has 2 aliphatic heterocycles. The van der Waals surface area contributed by atoms with E-state index in [1.54, 1.807) is 31.1 Å². The van der Waals surface area contributed by atoms with E-state index in [0.29, 0.717) is 18.5 Å². The summed E-state index contributed by atoms with van der Waals surface area (Å²) in [7, 11) is 3.23. The second-order valence-corrected chi connectivity index (χ2v) is 10.1. The molecule has 194 valence electrons. The van der Waals surface area contributed by atoms with Crippen LogP contribution >= 0.6 is 23.2 Å². The summed E-state index contributed by atoms with van der Waals surface area (Å²) in [6.45, 7) is 0.812. The van der Waals surface area contributed by atoms with Crippen LogP contribution in [-0.2, 0) is 24.2 Å². The number of benzene rings is 1. The topological polar surface area (TPSA) is 80.6 Å². The highest BCUT2D eigenvalue weighted by Crippen LogP contribution is 2.39. The molecule has 0 spiro atoms. The molecule has 0 radical (unpaired) electrons. The van der Waals surface area contributed by atoms with Gasteiger partial charge >= 0.3 is 0 Å². The normalized spacial score (nSPS) is 16.7. The van der Waals surface area contributed by atoms with Crippen molar-refractivity contribution in [2.24, 2.45) is 0 Å². The van der Waals surface area contributed by atoms with Gasteiger partial charge in [-0.05, 0) is 37.1 Å². The summed E-state index contributed by atoms with van der Waals surface area (Å²) in [5.41, 5.74) is 2.27. The van der Waals surface area contributed by atoms with E-state index < -0.39 is 11.9 Å². The lowest BCUT2D eigenvalue weighted by Crippen LogP contribution is -2.44. The van der Waals surface area contributed by atoms with Gasteiger partial charge in [0.25, 0.3) is 11.8 Å². The maximum atomic E-state index is 15.2. The Bertz CT molecular complexity index is 1380. The van der Waals surface area contributed by atoms with Crippen LogP contribution < -0.4 is 4.74 Å². The van der Waals surface area contributed by atoms with Crippen LogP contribution in [0.15, 0.2) is 30.3 Å². The molecule has 3 aromatic rings. The van der Waals surface area contributed by atoms with Gasteiger partial charge in [0.15, 0.2) is 17.5 Å². The molecule has 5 rings (SSSR count). The number of carbonyl (C=O) groups excluding carboxylic acids is 2. The first-order valence-corrected chi connectivity index (χ1v) is 12.8. The predicted octanol–water partition coefficient (Wildman–Crippen LogP) is 4.32. The predicted molar refractivity (Wildman–Crippen MR) is 137 cm³/mol. The Labute approximate surface area is 223 Å². The van der Waals surface area contributed by atoms with Crippen molar-refractivity contribution in [2.75, 3.05) is 27.2 Å². The van der Waals surface area contributed by atoms with E-state index in [9.17, 15) is 9.59 Å². The zero-order valence-electron chi connectivity index (χ0n) is 20.5. The van der Waals surface area contributed by atoms with Crippen molar-refractivity contribution in [1.29, 1.82) is 0 Å². The van der Waals surface area contributed by atoms with E-state index in [0.717, 1.165) is 43.0 Å². The lowest BCUT2D eigenvalue weighted by atomic mass is 9.94. The standard InChI is InChI=1S/C26H26Cl2FN5O3/c1-32(2)26(36)19-8-9-20(25(28)31-19)37-14-22(35)34-12-10-18-24(33-11-4-3-5-21(33)30-18)23(34)16-7-6-15(27)13-17(16)29/h6-9,13,23H,3-5,10-12,14H2,1-2H3. The minimum atomic E-state index is -0.662. The van der Waals surface area contributed by atoms with Crippen molar-refractivity contribution in [3.63, 3.8) is 0 Å². The van der Waals surface area contributed by atoms with Crippen LogP contribution in [-0.4, -0.2) is 63.4 Å². The fourth-order valence-electron chi connectivity index (χ4n) is 4.96. The van der Waals surface area contributed by atoms with Crippen molar-refractivity contribution in [3.05, 3.63) is 74.8 Å². The molecule has 0 saturated carbocycles. The molecule has 8 nitrogen and oxygen atoms in total. The van der Waals surface area contributed by atoms with E-state index in [4.69, 9.17) is 32.9 Å². The van der Waals surface area contributed by atoms with Crippen LogP contribution in [0.25, 0.3) is 0 Å². The van der Waals surface area contributed by atoms with Crippen molar-refractivity contribution >= 4 is 35.0 Å². The lowest BCUT2D eigenvalue weighted by Gasteiger charge is -2.37. The zero-order chi connectivity index (χ0) is 26.3. The molecule has 4 heterocycles. The van der Waals surface area contributed by atoms with E-state index in [2.05, 4.69) is 9.55 Å². The first-order valence-electron chi connectivity index (χ1n) is 12.1. The van der Waals surface area contributed by atoms with E-state index in [1.807, 2.05) is 0 Å². The molecule has 1 unspecified atom stereocenters. The van der Waals surface area contributed by atoms with Crippen LogP contribution in [0.5, 0.6) is 5.75 Å². The summed E-state index contributed by atoms with van der Waals surface area (Å²) in [6, 6.07) is 6.86. The highest BCUT2D eigenvalue weighted by Gasteiger charge is 2.38. The molecule has 1 atom stereocenters. The SMILES string of the molecule is CN(C)C(=O)c1ccc(OCC(=O)N2CCc3nc4n(c3C2c2ccc(Cl)cc2F)CCCC4)c(Cl)n1. The summed E-state index contributed by atoms with van der Waals surface area (Å²) in [5.74, 6) is 0.0423. The summed E-state index contributed by atoms with van der Waals surface area (Å²) >= 11 is 12.3. The van der Waals surface area contributed by atoms with Crippen molar-refractivity contribution < 1.29 is 18.7 Å². The highest BCUT2D eigenvalue weighted by molar-refractivity contribution is 6.31. The maximum absolute atomic E-state index is 15.2. The minimum Gasteiger partial charge on any atom is -0.481 e. The van der Waals surface area contributed by atoms with Gasteiger partial charge in [0.1, 0.15) is 23.4 Å². The monoisotopic (exact) mass is 545 g/mol. The minimum absolute atomic E-state index is 0.0217. The number of pyridine rings is 1. The molecular weight excluding hydrogens is 520 g/mol. The second kappa shape index (κ2) is 10.3. The van der Waals surface area contributed by atoms with Gasteiger partial charge in [0.2, 0.25) is 0 Å². The average molecular weight is 546 g/mol. The Kier molecular flexibility index (Phi) is 7.09. The Morgan fingerprint density at radius 1 is 1.11 bits per heavy atom. The Morgan fingerprint density at radius 2 is 1.92 bits per heavy atom. The molecule has 37 heavy (non-hydrogen) atoms. The van der Waals surface area contributed by atoms with Gasteiger partial charge in [-0.15, -0.1) is 0 Å². The number of amides is 2. The number of carbonyl (C=O) groups is 2. The van der Waals surface area contributed by atoms with E-state index in [-0.39, 0.29) is 40.0 Å². The number of halogens is 3. The Balaban J connectivity index is 1.44. The molecule has 2 aliphatic rings. The number of imidazole rings is 1. The molecule has 0 fully saturated rings. The highest BCUT2D eigenvalue weighted by atomic mass is 35.5. The molecule has 2 aromatic heterocycles. The smallest absolute Gasteiger partial charge is 0.271 e. The van der Waals surface area contributed by atoms with Crippen molar-refractivity contribution in [3.8, 4) is 5.75 Å². The number of aryl methyl sites for hydroxylation is 1. The van der Waals surface area contributed by atoms with Gasteiger partial charge in [-0.1, -0.05) is 29.3 Å². The average Bonchev–Trinajstić information content (AvgIpc) is 3.26. The van der Waals surface area contributed by atoms with Crippen LogP contribution in [0.2, 0.25) is 10.2 Å². The zero-order valence-corrected chi connectivity index (χ0v) is 22.0. The van der Waals surface area contributed by atoms with Gasteiger partial charge in [0, 0.05) is 50.6 Å². The molecule has 0 aliphatic carbocycles. The number of ether oxygens (including phenoxy) is 1. The fourth-order valence-corrected chi connectivity index (χ4v) is 5.33. The van der Waals surface area contributed by atoms with Gasteiger partial charge in [-0.2, -0.15) is 0 Å². The second-order valence-electron chi connectivity index (χ2n) is 9.35. The van der Waals surface area contributed by atoms with Gasteiger partial charge < -0.3 is 19.1 Å². The molecule has 2 amide bonds. The van der Waals surface area contributed by atoms with Gasteiger partial charge in [0.05, 0.1) is 11.4 Å². The Morgan fingerprint density at radius 3 is 2.65 bits per heavy atom. The Hall–Kier alpha value is -3.17. The first kappa shape index (κ1) is 25.5. The number of rotatable bonds is 5. The van der Waals surface area contributed by atoms with E-state index >= 15 is 4.39 Å². The van der Waals surface area contributed by atoms with Crippen LogP contribution in [0, 0.1) is 5.82 Å². The van der Waals surface area contributed by atoms with Crippen molar-refractivity contribution in [2.45, 2.75) is 38.3 Å². The first-order chi connectivity index (χ1) is 17.7. The largest absolute Gasteiger partial charge is 0.481 e. The molecule has 1 aromatic carbocycles. The van der Waals surface area contributed by atoms with Crippen molar-refractivity contribution in [1.82, 2.24) is 24.3 Å². The van der Waals surface area contributed by atoms with Crippen LogP contribution in [0.3, 0.4) is 0 Å². The third-order valence-electron chi connectivity index (χ3n) is 6.72. The molecule has 0 N–H and O–H groups in total.